The molecule has 4 aliphatic rings. The number of hydrogen-bond donors (Lipinski definition) is 1. The van der Waals surface area contributed by atoms with Gasteiger partial charge in [-0.15, -0.1) is 0 Å². The van der Waals surface area contributed by atoms with Gasteiger partial charge in [-0.05, 0) is 53.6 Å². The van der Waals surface area contributed by atoms with Crippen LogP contribution >= 0.6 is 11.6 Å². The third-order valence-electron chi connectivity index (χ3n) is 7.46. The summed E-state index contributed by atoms with van der Waals surface area (Å²) in [6.07, 6.45) is 3.74. The highest BCUT2D eigenvalue weighted by atomic mass is 35.5. The second kappa shape index (κ2) is 8.11. The molecule has 0 radical (unpaired) electrons. The number of benzene rings is 3. The van der Waals surface area contributed by atoms with Crippen LogP contribution in [0.15, 0.2) is 72.9 Å². The van der Waals surface area contributed by atoms with Crippen molar-refractivity contribution in [1.29, 1.82) is 0 Å². The average Bonchev–Trinajstić information content (AvgIpc) is 3.58. The molecule has 7 rings (SSSR count). The summed E-state index contributed by atoms with van der Waals surface area (Å²) < 4.78 is 10.8. The Morgan fingerprint density at radius 1 is 0.919 bits per heavy atom. The predicted molar refractivity (Wildman–Crippen MR) is 136 cm³/mol. The van der Waals surface area contributed by atoms with E-state index in [0.29, 0.717) is 27.9 Å². The van der Waals surface area contributed by atoms with Crippen LogP contribution in [0.25, 0.3) is 6.08 Å². The quantitative estimate of drug-likeness (QED) is 0.528. The lowest BCUT2D eigenvalue weighted by atomic mass is 9.84. The molecular weight excluding hydrogens is 494 g/mol. The number of ether oxygens (including phenoxy) is 2. The first-order valence-electron chi connectivity index (χ1n) is 11.9. The normalized spacial score (nSPS) is 24.7. The molecule has 3 amide bonds. The zero-order valence-corrected chi connectivity index (χ0v) is 20.1. The molecule has 1 unspecified atom stereocenters. The Kier molecular flexibility index (Phi) is 4.81. The van der Waals surface area contributed by atoms with Crippen LogP contribution in [0, 0.1) is 11.8 Å². The van der Waals surface area contributed by atoms with Crippen molar-refractivity contribution in [2.45, 2.75) is 12.1 Å². The number of nitrogens with one attached hydrogen (secondary N) is 1. The summed E-state index contributed by atoms with van der Waals surface area (Å²) in [7, 11) is 0. The number of amides is 3. The third kappa shape index (κ3) is 3.25. The van der Waals surface area contributed by atoms with Crippen molar-refractivity contribution in [3.05, 3.63) is 89.1 Å². The van der Waals surface area contributed by atoms with E-state index in [1.807, 2.05) is 41.4 Å². The topological polar surface area (TPSA) is 88.2 Å². The van der Waals surface area contributed by atoms with E-state index >= 15 is 0 Å². The number of imide groups is 1. The van der Waals surface area contributed by atoms with Crippen LogP contribution in [-0.2, 0) is 14.4 Å². The van der Waals surface area contributed by atoms with E-state index in [1.165, 1.54) is 4.90 Å². The lowest BCUT2D eigenvalue weighted by molar-refractivity contribution is -0.128. The Morgan fingerprint density at radius 2 is 1.68 bits per heavy atom. The summed E-state index contributed by atoms with van der Waals surface area (Å²) >= 11 is 6.00. The number of fused-ring (bicyclic) bond motifs is 6. The molecule has 0 aliphatic carbocycles. The molecule has 0 spiro atoms. The largest absolute Gasteiger partial charge is 0.454 e. The van der Waals surface area contributed by atoms with Crippen molar-refractivity contribution in [3.8, 4) is 11.5 Å². The number of carbonyl (C=O) groups excluding carboxylic acids is 3. The first-order valence-corrected chi connectivity index (χ1v) is 12.3. The van der Waals surface area contributed by atoms with Gasteiger partial charge in [0.15, 0.2) is 11.5 Å². The van der Waals surface area contributed by atoms with Crippen LogP contribution in [0.3, 0.4) is 0 Å². The number of rotatable bonds is 3. The fourth-order valence-electron chi connectivity index (χ4n) is 5.89. The Morgan fingerprint density at radius 3 is 2.51 bits per heavy atom. The van der Waals surface area contributed by atoms with Crippen molar-refractivity contribution >= 4 is 46.8 Å². The van der Waals surface area contributed by atoms with E-state index < -0.39 is 29.8 Å². The monoisotopic (exact) mass is 513 g/mol. The predicted octanol–water partition coefficient (Wildman–Crippen LogP) is 4.22. The number of hydrogen-bond acceptors (Lipinski definition) is 6. The lowest BCUT2D eigenvalue weighted by Crippen LogP contribution is -2.46. The SMILES string of the molecule is O=C(Nc1ccc(Cl)cc1)[C@H]1[C@H]2C(=O)N(c3ccc4c(c3)OCO4)C(=O)[C@H]2C2c3ccccc3C=CN21. The summed E-state index contributed by atoms with van der Waals surface area (Å²) in [4.78, 5) is 44.7. The molecule has 0 saturated carbocycles. The fourth-order valence-corrected chi connectivity index (χ4v) is 6.01. The molecule has 37 heavy (non-hydrogen) atoms. The molecule has 4 aliphatic heterocycles. The van der Waals surface area contributed by atoms with E-state index in [4.69, 9.17) is 21.1 Å². The van der Waals surface area contributed by atoms with Crippen molar-refractivity contribution < 1.29 is 23.9 Å². The van der Waals surface area contributed by atoms with E-state index in [0.717, 1.165) is 11.1 Å². The van der Waals surface area contributed by atoms with Gasteiger partial charge in [0.25, 0.3) is 0 Å². The van der Waals surface area contributed by atoms with Crippen LogP contribution < -0.4 is 19.7 Å². The first kappa shape index (κ1) is 21.9. The minimum absolute atomic E-state index is 0.0824. The van der Waals surface area contributed by atoms with Gasteiger partial charge in [0.2, 0.25) is 24.5 Å². The van der Waals surface area contributed by atoms with Gasteiger partial charge >= 0.3 is 0 Å². The van der Waals surface area contributed by atoms with Crippen molar-refractivity contribution in [1.82, 2.24) is 4.90 Å². The standard InChI is InChI=1S/C28H20ClN3O5/c29-16-5-7-17(8-6-16)30-26(33)25-23-22(24-19-4-2-1-3-15(19)11-12-31(24)25)27(34)32(28(23)35)18-9-10-20-21(13-18)37-14-36-20/h1-13,22-25H,14H2,(H,30,33)/t22-,23+,24?,25-/m1/s1. The van der Waals surface area contributed by atoms with Gasteiger partial charge in [0.05, 0.1) is 23.6 Å². The summed E-state index contributed by atoms with van der Waals surface area (Å²) in [5.41, 5.74) is 2.83. The molecule has 1 N–H and O–H groups in total. The molecule has 8 nitrogen and oxygen atoms in total. The molecule has 0 aromatic heterocycles. The van der Waals surface area contributed by atoms with Crippen molar-refractivity contribution in [3.63, 3.8) is 0 Å². The molecule has 4 heterocycles. The first-order chi connectivity index (χ1) is 18.0. The summed E-state index contributed by atoms with van der Waals surface area (Å²) in [5, 5.41) is 3.46. The molecule has 2 fully saturated rings. The van der Waals surface area contributed by atoms with Crippen molar-refractivity contribution in [2.24, 2.45) is 11.8 Å². The summed E-state index contributed by atoms with van der Waals surface area (Å²) in [6, 6.07) is 18.2. The van der Waals surface area contributed by atoms with Gasteiger partial charge < -0.3 is 19.7 Å². The number of carbonyl (C=O) groups is 3. The molecule has 184 valence electrons. The van der Waals surface area contributed by atoms with Crippen LogP contribution in [0.4, 0.5) is 11.4 Å². The van der Waals surface area contributed by atoms with E-state index in [1.54, 1.807) is 42.5 Å². The van der Waals surface area contributed by atoms with Gasteiger partial charge in [-0.1, -0.05) is 35.9 Å². The maximum absolute atomic E-state index is 14.0. The van der Waals surface area contributed by atoms with E-state index in [9.17, 15) is 14.4 Å². The van der Waals surface area contributed by atoms with E-state index in [-0.39, 0.29) is 18.6 Å². The molecule has 3 aromatic carbocycles. The maximum atomic E-state index is 14.0. The molecule has 2 saturated heterocycles. The summed E-state index contributed by atoms with van der Waals surface area (Å²) in [6.45, 7) is 0.0824. The fraction of sp³-hybridized carbons (Fsp3) is 0.179. The molecule has 9 heteroatoms. The number of anilines is 2. The smallest absolute Gasteiger partial charge is 0.247 e. The molecule has 3 aromatic rings. The highest BCUT2D eigenvalue weighted by Gasteiger charge is 2.64. The van der Waals surface area contributed by atoms with Crippen LogP contribution in [-0.4, -0.2) is 35.5 Å². The minimum Gasteiger partial charge on any atom is -0.454 e. The second-order valence-electron chi connectivity index (χ2n) is 9.38. The zero-order chi connectivity index (χ0) is 25.3. The van der Waals surface area contributed by atoms with Gasteiger partial charge in [0.1, 0.15) is 6.04 Å². The third-order valence-corrected chi connectivity index (χ3v) is 7.71. The van der Waals surface area contributed by atoms with Crippen LogP contribution in [0.5, 0.6) is 11.5 Å². The van der Waals surface area contributed by atoms with Gasteiger partial charge in [-0.2, -0.15) is 0 Å². The Bertz CT molecular complexity index is 1500. The Labute approximate surface area is 217 Å². The average molecular weight is 514 g/mol. The van der Waals surface area contributed by atoms with E-state index in [2.05, 4.69) is 5.32 Å². The van der Waals surface area contributed by atoms with Gasteiger partial charge in [-0.25, -0.2) is 4.90 Å². The lowest BCUT2D eigenvalue weighted by Gasteiger charge is -2.35. The number of halogens is 1. The molecular formula is C28H20ClN3O5. The van der Waals surface area contributed by atoms with Crippen molar-refractivity contribution in [2.75, 3.05) is 17.0 Å². The van der Waals surface area contributed by atoms with Gasteiger partial charge in [0, 0.05) is 23.0 Å². The van der Waals surface area contributed by atoms with Gasteiger partial charge in [-0.3, -0.25) is 14.4 Å². The maximum Gasteiger partial charge on any atom is 0.247 e. The highest BCUT2D eigenvalue weighted by molar-refractivity contribution is 6.30. The minimum atomic E-state index is -0.884. The zero-order valence-electron chi connectivity index (χ0n) is 19.3. The van der Waals surface area contributed by atoms with Crippen LogP contribution in [0.2, 0.25) is 5.02 Å². The Balaban J connectivity index is 1.31. The molecule has 4 atom stereocenters. The number of nitrogens with zero attached hydrogens (tertiary/aromatic N) is 2. The highest BCUT2D eigenvalue weighted by Crippen LogP contribution is 2.53. The second-order valence-corrected chi connectivity index (χ2v) is 9.82. The Hall–Kier alpha value is -4.30. The summed E-state index contributed by atoms with van der Waals surface area (Å²) in [5.74, 6) is -1.68. The van der Waals surface area contributed by atoms with Crippen LogP contribution in [0.1, 0.15) is 17.2 Å². The molecule has 0 bridgehead atoms.